The van der Waals surface area contributed by atoms with Gasteiger partial charge in [0, 0.05) is 12.1 Å². The molecular formula is C11H14ClN3O. The fraction of sp³-hybridized carbons (Fsp3) is 0.455. The number of aromatic nitrogens is 1. The third kappa shape index (κ3) is 2.71. The molecule has 2 rings (SSSR count). The molecule has 0 saturated carbocycles. The summed E-state index contributed by atoms with van der Waals surface area (Å²) < 4.78 is 0. The number of carbonyl (C=O) groups excluding carboxylic acids is 1. The Morgan fingerprint density at radius 3 is 2.94 bits per heavy atom. The fourth-order valence-electron chi connectivity index (χ4n) is 1.78. The summed E-state index contributed by atoms with van der Waals surface area (Å²) >= 11 is 5.92. The Labute approximate surface area is 99.4 Å². The molecule has 0 bridgehead atoms. The van der Waals surface area contributed by atoms with Gasteiger partial charge in [0.2, 0.25) is 5.91 Å². The predicted molar refractivity (Wildman–Crippen MR) is 63.5 cm³/mol. The maximum absolute atomic E-state index is 11.9. The van der Waals surface area contributed by atoms with Gasteiger partial charge >= 0.3 is 0 Å². The van der Waals surface area contributed by atoms with Crippen LogP contribution in [0.15, 0.2) is 18.3 Å². The first-order valence-electron chi connectivity index (χ1n) is 5.39. The van der Waals surface area contributed by atoms with Crippen molar-refractivity contribution in [2.24, 2.45) is 5.92 Å². The molecule has 1 saturated heterocycles. The molecule has 1 aromatic heterocycles. The number of hydrogen-bond acceptors (Lipinski definition) is 3. The monoisotopic (exact) mass is 239 g/mol. The second kappa shape index (κ2) is 5.27. The molecular weight excluding hydrogens is 226 g/mol. The average Bonchev–Trinajstić information content (AvgIpc) is 2.33. The zero-order chi connectivity index (χ0) is 11.4. The van der Waals surface area contributed by atoms with E-state index >= 15 is 0 Å². The number of pyridine rings is 1. The van der Waals surface area contributed by atoms with Crippen LogP contribution >= 0.6 is 11.6 Å². The van der Waals surface area contributed by atoms with Crippen molar-refractivity contribution >= 4 is 23.3 Å². The van der Waals surface area contributed by atoms with Crippen molar-refractivity contribution in [2.45, 2.75) is 12.8 Å². The van der Waals surface area contributed by atoms with Crippen molar-refractivity contribution in [3.63, 3.8) is 0 Å². The van der Waals surface area contributed by atoms with E-state index in [1.165, 1.54) is 0 Å². The lowest BCUT2D eigenvalue weighted by Crippen LogP contribution is -2.34. The molecule has 0 atom stereocenters. The molecule has 1 fully saturated rings. The molecule has 2 N–H and O–H groups in total. The first-order valence-corrected chi connectivity index (χ1v) is 5.77. The largest absolute Gasteiger partial charge is 0.317 e. The number of carbonyl (C=O) groups is 1. The van der Waals surface area contributed by atoms with Crippen molar-refractivity contribution in [1.29, 1.82) is 0 Å². The van der Waals surface area contributed by atoms with Crippen molar-refractivity contribution in [3.05, 3.63) is 23.4 Å². The van der Waals surface area contributed by atoms with E-state index in [0.29, 0.717) is 10.8 Å². The van der Waals surface area contributed by atoms with Gasteiger partial charge in [-0.25, -0.2) is 4.98 Å². The second-order valence-corrected chi connectivity index (χ2v) is 4.25. The lowest BCUT2D eigenvalue weighted by atomic mass is 9.97. The van der Waals surface area contributed by atoms with Crippen LogP contribution in [0.5, 0.6) is 0 Å². The van der Waals surface area contributed by atoms with Crippen LogP contribution in [-0.2, 0) is 4.79 Å². The van der Waals surface area contributed by atoms with Crippen molar-refractivity contribution < 1.29 is 4.79 Å². The highest BCUT2D eigenvalue weighted by atomic mass is 35.5. The Hall–Kier alpha value is -1.13. The number of anilines is 1. The minimum atomic E-state index is 0.0158. The molecule has 0 aromatic carbocycles. The van der Waals surface area contributed by atoms with Crippen LogP contribution < -0.4 is 10.6 Å². The van der Waals surface area contributed by atoms with Gasteiger partial charge in [0.15, 0.2) is 5.82 Å². The van der Waals surface area contributed by atoms with E-state index in [9.17, 15) is 4.79 Å². The topological polar surface area (TPSA) is 54.0 Å². The average molecular weight is 240 g/mol. The molecule has 1 aromatic rings. The van der Waals surface area contributed by atoms with E-state index in [0.717, 1.165) is 25.9 Å². The summed E-state index contributed by atoms with van der Waals surface area (Å²) in [6, 6.07) is 3.45. The molecule has 86 valence electrons. The number of nitrogens with one attached hydrogen (secondary N) is 2. The summed E-state index contributed by atoms with van der Waals surface area (Å²) in [5.74, 6) is 0.536. The summed E-state index contributed by atoms with van der Waals surface area (Å²) in [4.78, 5) is 15.9. The normalized spacial score (nSPS) is 17.1. The molecule has 0 radical (unpaired) electrons. The predicted octanol–water partition coefficient (Wildman–Crippen LogP) is 1.67. The molecule has 0 aliphatic carbocycles. The SMILES string of the molecule is O=C(Nc1ncccc1Cl)C1CCNCC1. The minimum Gasteiger partial charge on any atom is -0.317 e. The Kier molecular flexibility index (Phi) is 3.74. The molecule has 4 nitrogen and oxygen atoms in total. The number of nitrogens with zero attached hydrogens (tertiary/aromatic N) is 1. The number of halogens is 1. The van der Waals surface area contributed by atoms with Gasteiger partial charge in [0.25, 0.3) is 0 Å². The third-order valence-electron chi connectivity index (χ3n) is 2.71. The molecule has 5 heteroatoms. The van der Waals surface area contributed by atoms with Gasteiger partial charge in [-0.2, -0.15) is 0 Å². The van der Waals surface area contributed by atoms with Gasteiger partial charge in [-0.1, -0.05) is 11.6 Å². The molecule has 1 amide bonds. The maximum atomic E-state index is 11.9. The Morgan fingerprint density at radius 2 is 2.25 bits per heavy atom. The van der Waals surface area contributed by atoms with E-state index in [4.69, 9.17) is 11.6 Å². The van der Waals surface area contributed by atoms with Crippen LogP contribution in [0.2, 0.25) is 5.02 Å². The number of hydrogen-bond donors (Lipinski definition) is 2. The summed E-state index contributed by atoms with van der Waals surface area (Å²) in [6.07, 6.45) is 3.36. The number of amides is 1. The molecule has 1 aliphatic rings. The lowest BCUT2D eigenvalue weighted by molar-refractivity contribution is -0.120. The van der Waals surface area contributed by atoms with Crippen LogP contribution in [0, 0.1) is 5.92 Å². The van der Waals surface area contributed by atoms with Gasteiger partial charge in [0.05, 0.1) is 5.02 Å². The van der Waals surface area contributed by atoms with E-state index in [-0.39, 0.29) is 11.8 Å². The highest BCUT2D eigenvalue weighted by molar-refractivity contribution is 6.33. The second-order valence-electron chi connectivity index (χ2n) is 3.85. The van der Waals surface area contributed by atoms with E-state index < -0.39 is 0 Å². The quantitative estimate of drug-likeness (QED) is 0.826. The molecule has 2 heterocycles. The minimum absolute atomic E-state index is 0.0158. The Balaban J connectivity index is 1.99. The van der Waals surface area contributed by atoms with E-state index in [2.05, 4.69) is 15.6 Å². The smallest absolute Gasteiger partial charge is 0.228 e. The van der Waals surface area contributed by atoms with Crippen LogP contribution in [-0.4, -0.2) is 24.0 Å². The zero-order valence-electron chi connectivity index (χ0n) is 8.87. The van der Waals surface area contributed by atoms with Gasteiger partial charge in [0.1, 0.15) is 0 Å². The summed E-state index contributed by atoms with van der Waals surface area (Å²) in [6.45, 7) is 1.79. The zero-order valence-corrected chi connectivity index (χ0v) is 9.63. The van der Waals surface area contributed by atoms with Crippen molar-refractivity contribution in [2.75, 3.05) is 18.4 Å². The highest BCUT2D eigenvalue weighted by Gasteiger charge is 2.21. The maximum Gasteiger partial charge on any atom is 0.228 e. The van der Waals surface area contributed by atoms with Crippen LogP contribution in [0.3, 0.4) is 0 Å². The summed E-state index contributed by atoms with van der Waals surface area (Å²) in [5, 5.41) is 6.47. The fourth-order valence-corrected chi connectivity index (χ4v) is 1.95. The standard InChI is InChI=1S/C11H14ClN3O/c12-9-2-1-5-14-10(9)15-11(16)8-3-6-13-7-4-8/h1-2,5,8,13H,3-4,6-7H2,(H,14,15,16). The van der Waals surface area contributed by atoms with E-state index in [1.807, 2.05) is 0 Å². The van der Waals surface area contributed by atoms with Crippen LogP contribution in [0.25, 0.3) is 0 Å². The lowest BCUT2D eigenvalue weighted by Gasteiger charge is -2.21. The summed E-state index contributed by atoms with van der Waals surface area (Å²) in [5.41, 5.74) is 0. The van der Waals surface area contributed by atoms with Crippen molar-refractivity contribution in [1.82, 2.24) is 10.3 Å². The third-order valence-corrected chi connectivity index (χ3v) is 3.02. The number of piperidine rings is 1. The molecule has 1 aliphatic heterocycles. The van der Waals surface area contributed by atoms with Gasteiger partial charge in [-0.15, -0.1) is 0 Å². The first-order chi connectivity index (χ1) is 7.77. The number of rotatable bonds is 2. The first kappa shape index (κ1) is 11.4. The Bertz CT molecular complexity index is 377. The molecule has 16 heavy (non-hydrogen) atoms. The highest BCUT2D eigenvalue weighted by Crippen LogP contribution is 2.20. The van der Waals surface area contributed by atoms with Gasteiger partial charge < -0.3 is 10.6 Å². The van der Waals surface area contributed by atoms with Gasteiger partial charge in [-0.05, 0) is 38.1 Å². The molecule has 0 spiro atoms. The van der Waals surface area contributed by atoms with E-state index in [1.54, 1.807) is 18.3 Å². The van der Waals surface area contributed by atoms with Crippen molar-refractivity contribution in [3.8, 4) is 0 Å². The van der Waals surface area contributed by atoms with Crippen LogP contribution in [0.1, 0.15) is 12.8 Å². The summed E-state index contributed by atoms with van der Waals surface area (Å²) in [7, 11) is 0. The van der Waals surface area contributed by atoms with Crippen LogP contribution in [0.4, 0.5) is 5.82 Å². The van der Waals surface area contributed by atoms with Gasteiger partial charge in [-0.3, -0.25) is 4.79 Å². The Morgan fingerprint density at radius 1 is 1.50 bits per heavy atom. The molecule has 0 unspecified atom stereocenters.